The minimum Gasteiger partial charge on any atom is -0.349 e. The Hall–Kier alpha value is -2.09. The van der Waals surface area contributed by atoms with Crippen LogP contribution in [0.4, 0.5) is 0 Å². The van der Waals surface area contributed by atoms with Gasteiger partial charge in [0.15, 0.2) is 0 Å². The molecule has 0 fully saturated rings. The molecular weight excluding hydrogens is 246 g/mol. The van der Waals surface area contributed by atoms with E-state index in [0.29, 0.717) is 5.92 Å². The summed E-state index contributed by atoms with van der Waals surface area (Å²) in [6.07, 6.45) is 2.15. The molecule has 0 aliphatic heterocycles. The van der Waals surface area contributed by atoms with E-state index in [1.165, 1.54) is 16.7 Å². The van der Waals surface area contributed by atoms with Crippen molar-refractivity contribution in [1.29, 1.82) is 0 Å². The molecule has 2 aromatic rings. The van der Waals surface area contributed by atoms with E-state index in [9.17, 15) is 4.79 Å². The highest BCUT2D eigenvalue weighted by Gasteiger charge is 2.30. The van der Waals surface area contributed by atoms with E-state index in [4.69, 9.17) is 0 Å². The molecule has 0 spiro atoms. The number of benzene rings is 2. The van der Waals surface area contributed by atoms with Crippen molar-refractivity contribution >= 4 is 5.91 Å². The van der Waals surface area contributed by atoms with Crippen LogP contribution in [0.15, 0.2) is 54.6 Å². The van der Waals surface area contributed by atoms with Crippen LogP contribution in [0, 0.1) is 0 Å². The van der Waals surface area contributed by atoms with Gasteiger partial charge < -0.3 is 5.32 Å². The fourth-order valence-corrected chi connectivity index (χ4v) is 3.22. The average molecular weight is 265 g/mol. The zero-order valence-electron chi connectivity index (χ0n) is 11.7. The summed E-state index contributed by atoms with van der Waals surface area (Å²) in [7, 11) is 0. The Morgan fingerprint density at radius 2 is 1.75 bits per heavy atom. The molecule has 2 atom stereocenters. The maximum atomic E-state index is 11.6. The molecule has 1 N–H and O–H groups in total. The second kappa shape index (κ2) is 5.49. The molecule has 0 heterocycles. The Bertz CT molecular complexity index is 606. The molecule has 3 rings (SSSR count). The largest absolute Gasteiger partial charge is 0.349 e. The zero-order valence-corrected chi connectivity index (χ0v) is 11.7. The number of nitrogens with one attached hydrogen (secondary N) is 1. The summed E-state index contributed by atoms with van der Waals surface area (Å²) in [4.78, 5) is 11.6. The molecule has 102 valence electrons. The fraction of sp³-hybridized carbons (Fsp3) is 0.278. The first-order valence-electron chi connectivity index (χ1n) is 7.15. The van der Waals surface area contributed by atoms with Crippen LogP contribution in [0.25, 0.3) is 0 Å². The molecule has 0 saturated heterocycles. The van der Waals surface area contributed by atoms with Crippen molar-refractivity contribution in [2.75, 3.05) is 0 Å². The molecule has 20 heavy (non-hydrogen) atoms. The molecule has 2 nitrogen and oxygen atoms in total. The van der Waals surface area contributed by atoms with Gasteiger partial charge in [-0.2, -0.15) is 0 Å². The smallest absolute Gasteiger partial charge is 0.217 e. The van der Waals surface area contributed by atoms with Gasteiger partial charge in [-0.15, -0.1) is 0 Å². The molecule has 1 amide bonds. The standard InChI is InChI=1S/C18H19NO/c1-13(20)19-18-16-10-6-5-9-15(16)11-12-17(18)14-7-3-2-4-8-14/h2-10,17-18H,11-12H2,1H3,(H,19,20). The molecule has 2 aromatic carbocycles. The number of amides is 1. The van der Waals surface area contributed by atoms with E-state index >= 15 is 0 Å². The van der Waals surface area contributed by atoms with Crippen LogP contribution in [0.2, 0.25) is 0 Å². The average Bonchev–Trinajstić information content (AvgIpc) is 2.48. The molecule has 0 saturated carbocycles. The van der Waals surface area contributed by atoms with Crippen LogP contribution in [-0.2, 0) is 11.2 Å². The van der Waals surface area contributed by atoms with E-state index in [0.717, 1.165) is 12.8 Å². The third kappa shape index (κ3) is 2.46. The first-order valence-corrected chi connectivity index (χ1v) is 7.15. The maximum Gasteiger partial charge on any atom is 0.217 e. The maximum absolute atomic E-state index is 11.6. The van der Waals surface area contributed by atoms with Crippen molar-refractivity contribution in [2.24, 2.45) is 0 Å². The van der Waals surface area contributed by atoms with Crippen molar-refractivity contribution in [1.82, 2.24) is 5.32 Å². The van der Waals surface area contributed by atoms with Crippen molar-refractivity contribution in [3.63, 3.8) is 0 Å². The topological polar surface area (TPSA) is 29.1 Å². The van der Waals surface area contributed by atoms with E-state index < -0.39 is 0 Å². The molecular formula is C18H19NO. The molecule has 2 heteroatoms. The van der Waals surface area contributed by atoms with Gasteiger partial charge >= 0.3 is 0 Å². The van der Waals surface area contributed by atoms with Gasteiger partial charge in [-0.25, -0.2) is 0 Å². The minimum absolute atomic E-state index is 0.0348. The third-order valence-electron chi connectivity index (χ3n) is 4.10. The van der Waals surface area contributed by atoms with Crippen LogP contribution in [0.3, 0.4) is 0 Å². The summed E-state index contributed by atoms with van der Waals surface area (Å²) in [5.74, 6) is 0.391. The first kappa shape index (κ1) is 12.9. The predicted octanol–water partition coefficient (Wildman–Crippen LogP) is 3.59. The Labute approximate surface area is 119 Å². The molecule has 0 radical (unpaired) electrons. The van der Waals surface area contributed by atoms with Crippen LogP contribution in [0.5, 0.6) is 0 Å². The van der Waals surface area contributed by atoms with Crippen LogP contribution in [-0.4, -0.2) is 5.91 Å². The summed E-state index contributed by atoms with van der Waals surface area (Å²) in [5, 5.41) is 3.15. The van der Waals surface area contributed by atoms with Gasteiger partial charge in [0.25, 0.3) is 0 Å². The SMILES string of the molecule is CC(=O)NC1c2ccccc2CCC1c1ccccc1. The summed E-state index contributed by atoms with van der Waals surface area (Å²) in [5.41, 5.74) is 3.93. The quantitative estimate of drug-likeness (QED) is 0.883. The summed E-state index contributed by atoms with van der Waals surface area (Å²) in [6.45, 7) is 1.60. The van der Waals surface area contributed by atoms with Crippen LogP contribution in [0.1, 0.15) is 42.0 Å². The van der Waals surface area contributed by atoms with E-state index in [2.05, 4.69) is 53.8 Å². The fourth-order valence-electron chi connectivity index (χ4n) is 3.22. The number of carbonyl (C=O) groups excluding carboxylic acids is 1. The number of rotatable bonds is 2. The summed E-state index contributed by atoms with van der Waals surface area (Å²) in [6, 6.07) is 19.0. The minimum atomic E-state index is 0.0348. The number of fused-ring (bicyclic) bond motifs is 1. The van der Waals surface area contributed by atoms with Crippen molar-refractivity contribution in [3.8, 4) is 0 Å². The van der Waals surface area contributed by atoms with Gasteiger partial charge in [0.05, 0.1) is 6.04 Å². The Morgan fingerprint density at radius 1 is 1.05 bits per heavy atom. The Morgan fingerprint density at radius 3 is 2.50 bits per heavy atom. The van der Waals surface area contributed by atoms with Gasteiger partial charge in [0.1, 0.15) is 0 Å². The molecule has 1 aliphatic carbocycles. The van der Waals surface area contributed by atoms with Crippen LogP contribution < -0.4 is 5.32 Å². The highest BCUT2D eigenvalue weighted by Crippen LogP contribution is 2.40. The lowest BCUT2D eigenvalue weighted by atomic mass is 9.76. The lowest BCUT2D eigenvalue weighted by molar-refractivity contribution is -0.119. The third-order valence-corrected chi connectivity index (χ3v) is 4.10. The molecule has 0 aromatic heterocycles. The number of carbonyl (C=O) groups is 1. The van der Waals surface area contributed by atoms with Gasteiger partial charge in [0.2, 0.25) is 5.91 Å². The second-order valence-electron chi connectivity index (χ2n) is 5.43. The highest BCUT2D eigenvalue weighted by molar-refractivity contribution is 5.73. The molecule has 2 unspecified atom stereocenters. The van der Waals surface area contributed by atoms with E-state index in [1.807, 2.05) is 6.07 Å². The molecule has 0 bridgehead atoms. The first-order chi connectivity index (χ1) is 9.75. The second-order valence-corrected chi connectivity index (χ2v) is 5.43. The van der Waals surface area contributed by atoms with Crippen LogP contribution >= 0.6 is 0 Å². The molecule has 1 aliphatic rings. The van der Waals surface area contributed by atoms with Crippen molar-refractivity contribution < 1.29 is 4.79 Å². The van der Waals surface area contributed by atoms with Gasteiger partial charge in [-0.05, 0) is 29.5 Å². The van der Waals surface area contributed by atoms with Gasteiger partial charge in [-0.3, -0.25) is 4.79 Å². The number of hydrogen-bond acceptors (Lipinski definition) is 1. The van der Waals surface area contributed by atoms with Gasteiger partial charge in [0, 0.05) is 12.8 Å². The number of aryl methyl sites for hydroxylation is 1. The lowest BCUT2D eigenvalue weighted by Gasteiger charge is -2.34. The highest BCUT2D eigenvalue weighted by atomic mass is 16.1. The zero-order chi connectivity index (χ0) is 13.9. The predicted molar refractivity (Wildman–Crippen MR) is 80.5 cm³/mol. The van der Waals surface area contributed by atoms with E-state index in [-0.39, 0.29) is 11.9 Å². The normalized spacial score (nSPS) is 21.1. The Kier molecular flexibility index (Phi) is 3.55. The van der Waals surface area contributed by atoms with Crippen molar-refractivity contribution in [3.05, 3.63) is 71.3 Å². The lowest BCUT2D eigenvalue weighted by Crippen LogP contribution is -2.34. The van der Waals surface area contributed by atoms with Gasteiger partial charge in [-0.1, -0.05) is 54.6 Å². The monoisotopic (exact) mass is 265 g/mol. The van der Waals surface area contributed by atoms with E-state index in [1.54, 1.807) is 6.92 Å². The van der Waals surface area contributed by atoms with Crippen molar-refractivity contribution in [2.45, 2.75) is 31.7 Å². The summed E-state index contributed by atoms with van der Waals surface area (Å²) < 4.78 is 0. The number of hydrogen-bond donors (Lipinski definition) is 1. The Balaban J connectivity index is 2.01. The summed E-state index contributed by atoms with van der Waals surface area (Å²) >= 11 is 0.